The number of nitrogens with two attached hydrogens (primary N) is 2. The van der Waals surface area contributed by atoms with Crippen molar-refractivity contribution < 1.29 is 19.1 Å². The van der Waals surface area contributed by atoms with Gasteiger partial charge in [0, 0.05) is 23.4 Å². The molecule has 1 unspecified atom stereocenters. The number of rotatable bonds is 12. The van der Waals surface area contributed by atoms with Gasteiger partial charge in [-0.1, -0.05) is 51.7 Å². The Bertz CT molecular complexity index is 1020. The van der Waals surface area contributed by atoms with Crippen molar-refractivity contribution in [3.05, 3.63) is 59.7 Å². The van der Waals surface area contributed by atoms with Crippen molar-refractivity contribution in [1.82, 2.24) is 0 Å². The van der Waals surface area contributed by atoms with E-state index in [1.54, 1.807) is 24.3 Å². The maximum Gasteiger partial charge on any atom is 0.330 e. The summed E-state index contributed by atoms with van der Waals surface area (Å²) < 4.78 is 11.2. The van der Waals surface area contributed by atoms with Crippen LogP contribution in [0.25, 0.3) is 6.08 Å². The summed E-state index contributed by atoms with van der Waals surface area (Å²) in [5, 5.41) is 0. The third kappa shape index (κ3) is 9.27. The molecule has 6 nitrogen and oxygen atoms in total. The van der Waals surface area contributed by atoms with E-state index in [0.717, 1.165) is 62.0 Å². The molecule has 1 fully saturated rings. The normalized spacial score (nSPS) is 18.4. The maximum absolute atomic E-state index is 12.6. The van der Waals surface area contributed by atoms with Crippen LogP contribution in [-0.4, -0.2) is 18.5 Å². The minimum absolute atomic E-state index is 0.00707. The van der Waals surface area contributed by atoms with Crippen LogP contribution in [0.5, 0.6) is 5.75 Å². The van der Waals surface area contributed by atoms with Crippen LogP contribution in [0.15, 0.2) is 48.5 Å². The fraction of sp³-hybridized carbons (Fsp3) is 0.484. The molecule has 1 aliphatic rings. The Kier molecular flexibility index (Phi) is 11.1. The van der Waals surface area contributed by atoms with E-state index in [-0.39, 0.29) is 24.4 Å². The molecule has 2 aromatic carbocycles. The molecule has 37 heavy (non-hydrogen) atoms. The fourth-order valence-corrected chi connectivity index (χ4v) is 5.07. The van der Waals surface area contributed by atoms with E-state index in [1.807, 2.05) is 24.3 Å². The second-order valence-corrected chi connectivity index (χ2v) is 10.2. The third-order valence-electron chi connectivity index (χ3n) is 7.19. The Morgan fingerprint density at radius 3 is 2.27 bits per heavy atom. The molecule has 0 bridgehead atoms. The highest BCUT2D eigenvalue weighted by atomic mass is 16.5. The lowest BCUT2D eigenvalue weighted by molar-refractivity contribution is -0.140. The van der Waals surface area contributed by atoms with Gasteiger partial charge in [-0.15, -0.1) is 0 Å². The minimum atomic E-state index is -0.410. The molecule has 0 amide bonds. The van der Waals surface area contributed by atoms with E-state index in [1.165, 1.54) is 18.9 Å². The van der Waals surface area contributed by atoms with Gasteiger partial charge >= 0.3 is 11.9 Å². The predicted molar refractivity (Wildman–Crippen MR) is 150 cm³/mol. The van der Waals surface area contributed by atoms with Crippen LogP contribution in [0.1, 0.15) is 88.7 Å². The number of hydrogen-bond donors (Lipinski definition) is 2. The van der Waals surface area contributed by atoms with E-state index in [4.69, 9.17) is 20.9 Å². The molecule has 1 atom stereocenters. The molecule has 0 aliphatic heterocycles. The van der Waals surface area contributed by atoms with Gasteiger partial charge in [0.1, 0.15) is 5.75 Å². The van der Waals surface area contributed by atoms with Crippen molar-refractivity contribution in [2.75, 3.05) is 18.1 Å². The van der Waals surface area contributed by atoms with Crippen molar-refractivity contribution in [3.63, 3.8) is 0 Å². The summed E-state index contributed by atoms with van der Waals surface area (Å²) in [7, 11) is 0. The van der Waals surface area contributed by atoms with Gasteiger partial charge in [0.25, 0.3) is 0 Å². The molecule has 3 rings (SSSR count). The summed E-state index contributed by atoms with van der Waals surface area (Å²) in [6, 6.07) is 12.7. The first-order valence-corrected chi connectivity index (χ1v) is 13.7. The molecule has 1 saturated carbocycles. The fourth-order valence-electron chi connectivity index (χ4n) is 5.07. The standard InChI is InChI=1S/C31H42N2O4/c1-3-5-7-25(26-18-27(32)20-28(33)19-26)21-36-30(34)17-12-23-10-15-29(16-11-23)37-31(35)24-13-8-22(6-4-2)9-14-24/h10-12,15-20,22,24-25H,3-9,13-14,21,32-33H2,1-2H3/b17-12+. The first-order chi connectivity index (χ1) is 17.9. The Morgan fingerprint density at radius 1 is 0.973 bits per heavy atom. The van der Waals surface area contributed by atoms with Gasteiger partial charge in [0.15, 0.2) is 0 Å². The van der Waals surface area contributed by atoms with Gasteiger partial charge < -0.3 is 20.9 Å². The molecule has 6 heteroatoms. The Hall–Kier alpha value is -3.28. The number of unbranched alkanes of at least 4 members (excludes halogenated alkanes) is 1. The molecular weight excluding hydrogens is 464 g/mol. The average molecular weight is 507 g/mol. The van der Waals surface area contributed by atoms with E-state index in [9.17, 15) is 9.59 Å². The van der Waals surface area contributed by atoms with Gasteiger partial charge in [0.05, 0.1) is 12.5 Å². The van der Waals surface area contributed by atoms with Crippen LogP contribution in [0.3, 0.4) is 0 Å². The number of anilines is 2. The second kappa shape index (κ2) is 14.5. The zero-order valence-electron chi connectivity index (χ0n) is 22.3. The van der Waals surface area contributed by atoms with Crippen LogP contribution < -0.4 is 16.2 Å². The zero-order chi connectivity index (χ0) is 26.6. The van der Waals surface area contributed by atoms with E-state index >= 15 is 0 Å². The van der Waals surface area contributed by atoms with Gasteiger partial charge in [-0.05, 0) is 85.6 Å². The molecule has 0 saturated heterocycles. The lowest BCUT2D eigenvalue weighted by atomic mass is 9.80. The van der Waals surface area contributed by atoms with Crippen LogP contribution in [-0.2, 0) is 14.3 Å². The first kappa shape index (κ1) is 28.3. The summed E-state index contributed by atoms with van der Waals surface area (Å²) in [5.41, 5.74) is 14.9. The summed E-state index contributed by atoms with van der Waals surface area (Å²) in [6.45, 7) is 4.61. The quantitative estimate of drug-likeness (QED) is 0.140. The Labute approximate surface area is 221 Å². The van der Waals surface area contributed by atoms with E-state index in [0.29, 0.717) is 17.1 Å². The van der Waals surface area contributed by atoms with Crippen molar-refractivity contribution in [2.45, 2.75) is 77.6 Å². The molecule has 2 aromatic rings. The number of benzene rings is 2. The summed E-state index contributed by atoms with van der Waals surface area (Å²) in [4.78, 5) is 24.9. The van der Waals surface area contributed by atoms with Crippen molar-refractivity contribution >= 4 is 29.4 Å². The molecule has 1 aliphatic carbocycles. The lowest BCUT2D eigenvalue weighted by Gasteiger charge is -2.26. The van der Waals surface area contributed by atoms with Crippen LogP contribution >= 0.6 is 0 Å². The van der Waals surface area contributed by atoms with Crippen LogP contribution in [0.4, 0.5) is 11.4 Å². The van der Waals surface area contributed by atoms with Gasteiger partial charge in [-0.3, -0.25) is 4.79 Å². The Morgan fingerprint density at radius 2 is 1.65 bits per heavy atom. The van der Waals surface area contributed by atoms with Gasteiger partial charge in [-0.25, -0.2) is 4.79 Å². The average Bonchev–Trinajstić information content (AvgIpc) is 2.88. The largest absolute Gasteiger partial charge is 0.462 e. The predicted octanol–water partition coefficient (Wildman–Crippen LogP) is 6.89. The number of carbonyl (C=O) groups is 2. The van der Waals surface area contributed by atoms with Crippen LogP contribution in [0.2, 0.25) is 0 Å². The van der Waals surface area contributed by atoms with Crippen LogP contribution in [0, 0.1) is 11.8 Å². The maximum atomic E-state index is 12.6. The number of hydrogen-bond acceptors (Lipinski definition) is 6. The van der Waals surface area contributed by atoms with Crippen molar-refractivity contribution in [2.24, 2.45) is 11.8 Å². The molecule has 0 heterocycles. The van der Waals surface area contributed by atoms with Crippen molar-refractivity contribution in [1.29, 1.82) is 0 Å². The minimum Gasteiger partial charge on any atom is -0.462 e. The highest BCUT2D eigenvalue weighted by Gasteiger charge is 2.27. The third-order valence-corrected chi connectivity index (χ3v) is 7.19. The zero-order valence-corrected chi connectivity index (χ0v) is 22.3. The molecule has 200 valence electrons. The highest BCUT2D eigenvalue weighted by Crippen LogP contribution is 2.32. The number of nitrogen functional groups attached to an aromatic ring is 2. The topological polar surface area (TPSA) is 105 Å². The van der Waals surface area contributed by atoms with Gasteiger partial charge in [0.2, 0.25) is 0 Å². The Balaban J connectivity index is 1.48. The van der Waals surface area contributed by atoms with Gasteiger partial charge in [-0.2, -0.15) is 0 Å². The monoisotopic (exact) mass is 506 g/mol. The smallest absolute Gasteiger partial charge is 0.330 e. The molecule has 0 spiro atoms. The van der Waals surface area contributed by atoms with Crippen molar-refractivity contribution in [3.8, 4) is 5.75 Å². The summed E-state index contributed by atoms with van der Waals surface area (Å²) >= 11 is 0. The molecule has 4 N–H and O–H groups in total. The highest BCUT2D eigenvalue weighted by molar-refractivity contribution is 5.87. The number of esters is 2. The number of carbonyl (C=O) groups excluding carboxylic acids is 2. The summed E-state index contributed by atoms with van der Waals surface area (Å²) in [6.07, 6.45) is 12.6. The van der Waals surface area contributed by atoms with E-state index < -0.39 is 5.97 Å². The molecular formula is C31H42N2O4. The molecule has 0 aromatic heterocycles. The molecule has 0 radical (unpaired) electrons. The lowest BCUT2D eigenvalue weighted by Crippen LogP contribution is -2.25. The van der Waals surface area contributed by atoms with E-state index in [2.05, 4.69) is 13.8 Å². The SMILES string of the molecule is CCCCC(COC(=O)/C=C/c1ccc(OC(=O)C2CCC(CCC)CC2)cc1)c1cc(N)cc(N)c1. The number of ether oxygens (including phenoxy) is 2. The first-order valence-electron chi connectivity index (χ1n) is 13.7. The second-order valence-electron chi connectivity index (χ2n) is 10.2. The summed E-state index contributed by atoms with van der Waals surface area (Å²) in [5.74, 6) is 0.769.